The Morgan fingerprint density at radius 2 is 1.88 bits per heavy atom. The summed E-state index contributed by atoms with van der Waals surface area (Å²) in [5.41, 5.74) is 2.43. The van der Waals surface area contributed by atoms with Gasteiger partial charge in [0, 0.05) is 19.9 Å². The van der Waals surface area contributed by atoms with Gasteiger partial charge in [-0.2, -0.15) is 0 Å². The highest BCUT2D eigenvalue weighted by molar-refractivity contribution is 5.93. The number of nitrogens with zero attached hydrogens (tertiary/aromatic N) is 2. The zero-order chi connectivity index (χ0) is 18.7. The summed E-state index contributed by atoms with van der Waals surface area (Å²) >= 11 is 0. The molecule has 1 amide bonds. The molecule has 0 saturated heterocycles. The van der Waals surface area contributed by atoms with Gasteiger partial charge in [-0.15, -0.1) is 0 Å². The van der Waals surface area contributed by atoms with Crippen LogP contribution in [0.5, 0.6) is 0 Å². The highest BCUT2D eigenvalue weighted by Gasteiger charge is 2.18. The van der Waals surface area contributed by atoms with Gasteiger partial charge in [-0.1, -0.05) is 35.9 Å². The van der Waals surface area contributed by atoms with Crippen molar-refractivity contribution in [2.75, 3.05) is 5.32 Å². The van der Waals surface area contributed by atoms with E-state index in [0.717, 1.165) is 11.3 Å². The molecule has 0 aliphatic heterocycles. The van der Waals surface area contributed by atoms with Gasteiger partial charge in [0.25, 0.3) is 5.56 Å². The first kappa shape index (κ1) is 17.7. The molecule has 0 saturated carbocycles. The van der Waals surface area contributed by atoms with E-state index >= 15 is 0 Å². The maximum atomic E-state index is 12.8. The van der Waals surface area contributed by atoms with Gasteiger partial charge in [0.1, 0.15) is 5.69 Å². The molecule has 1 heterocycles. The SMILES string of the molecule is Cc1c(NC(=O)CCC2=CCC(=O)C=C2)c(=O)n(-c2ccccc2)n1C. The van der Waals surface area contributed by atoms with Crippen LogP contribution in [0.1, 0.15) is 25.0 Å². The number of carbonyl (C=O) groups is 2. The second-order valence-electron chi connectivity index (χ2n) is 6.27. The molecule has 0 fully saturated rings. The Morgan fingerprint density at radius 1 is 1.15 bits per heavy atom. The van der Waals surface area contributed by atoms with E-state index in [1.165, 1.54) is 10.8 Å². The first-order valence-corrected chi connectivity index (χ1v) is 8.51. The van der Waals surface area contributed by atoms with Crippen LogP contribution in [-0.2, 0) is 16.6 Å². The number of nitrogens with one attached hydrogen (secondary N) is 1. The molecule has 1 aliphatic carbocycles. The quantitative estimate of drug-likeness (QED) is 0.900. The number of para-hydroxylation sites is 1. The van der Waals surface area contributed by atoms with Crippen LogP contribution in [0.25, 0.3) is 5.69 Å². The molecule has 0 unspecified atom stereocenters. The van der Waals surface area contributed by atoms with E-state index in [9.17, 15) is 14.4 Å². The Morgan fingerprint density at radius 3 is 2.54 bits per heavy atom. The molecule has 0 radical (unpaired) electrons. The molecule has 26 heavy (non-hydrogen) atoms. The van der Waals surface area contributed by atoms with Crippen molar-refractivity contribution in [3.63, 3.8) is 0 Å². The summed E-state index contributed by atoms with van der Waals surface area (Å²) < 4.78 is 3.26. The van der Waals surface area contributed by atoms with Crippen molar-refractivity contribution in [1.82, 2.24) is 9.36 Å². The van der Waals surface area contributed by atoms with E-state index in [4.69, 9.17) is 0 Å². The third kappa shape index (κ3) is 3.59. The predicted octanol–water partition coefficient (Wildman–Crippen LogP) is 2.66. The molecule has 134 valence electrons. The third-order valence-electron chi connectivity index (χ3n) is 4.51. The van der Waals surface area contributed by atoms with E-state index in [2.05, 4.69) is 5.32 Å². The van der Waals surface area contributed by atoms with Crippen LogP contribution in [0.4, 0.5) is 5.69 Å². The molecule has 1 aliphatic rings. The fourth-order valence-electron chi connectivity index (χ4n) is 2.93. The van der Waals surface area contributed by atoms with Gasteiger partial charge in [-0.25, -0.2) is 4.68 Å². The smallest absolute Gasteiger partial charge is 0.295 e. The van der Waals surface area contributed by atoms with Gasteiger partial charge in [-0.3, -0.25) is 19.1 Å². The lowest BCUT2D eigenvalue weighted by molar-refractivity contribution is -0.116. The van der Waals surface area contributed by atoms with Crippen molar-refractivity contribution < 1.29 is 9.59 Å². The second kappa shape index (κ2) is 7.39. The summed E-state index contributed by atoms with van der Waals surface area (Å²) in [6, 6.07) is 9.29. The zero-order valence-corrected chi connectivity index (χ0v) is 14.9. The van der Waals surface area contributed by atoms with Crippen molar-refractivity contribution in [3.05, 3.63) is 70.2 Å². The van der Waals surface area contributed by atoms with Gasteiger partial charge >= 0.3 is 0 Å². The standard InChI is InChI=1S/C20H21N3O3/c1-14-19(20(26)23(22(14)2)16-6-4-3-5-7-16)21-18(25)13-10-15-8-11-17(24)12-9-15/h3-9,11H,10,12-13H2,1-2H3,(H,21,25). The van der Waals surface area contributed by atoms with Crippen molar-refractivity contribution >= 4 is 17.4 Å². The summed E-state index contributed by atoms with van der Waals surface area (Å²) in [6.07, 6.45) is 6.29. The minimum Gasteiger partial charge on any atom is -0.320 e. The van der Waals surface area contributed by atoms with Crippen LogP contribution in [0, 0.1) is 6.92 Å². The summed E-state index contributed by atoms with van der Waals surface area (Å²) in [5.74, 6) is -0.151. The summed E-state index contributed by atoms with van der Waals surface area (Å²) in [4.78, 5) is 36.2. The van der Waals surface area contributed by atoms with E-state index in [-0.39, 0.29) is 23.7 Å². The number of carbonyl (C=O) groups excluding carboxylic acids is 2. The lowest BCUT2D eigenvalue weighted by atomic mass is 10.0. The van der Waals surface area contributed by atoms with Crippen LogP contribution in [0.2, 0.25) is 0 Å². The molecule has 2 aromatic rings. The van der Waals surface area contributed by atoms with Crippen LogP contribution in [0.3, 0.4) is 0 Å². The van der Waals surface area contributed by atoms with Crippen molar-refractivity contribution in [1.29, 1.82) is 0 Å². The molecule has 0 atom stereocenters. The summed E-state index contributed by atoms with van der Waals surface area (Å²) in [5, 5.41) is 2.75. The first-order valence-electron chi connectivity index (χ1n) is 8.51. The molecule has 0 spiro atoms. The van der Waals surface area contributed by atoms with Gasteiger partial charge in [0.2, 0.25) is 5.91 Å². The minimum atomic E-state index is -0.257. The Bertz CT molecular complexity index is 962. The Balaban J connectivity index is 1.74. The number of anilines is 1. The van der Waals surface area contributed by atoms with E-state index in [1.807, 2.05) is 36.4 Å². The van der Waals surface area contributed by atoms with Crippen LogP contribution in [-0.4, -0.2) is 21.1 Å². The number of benzene rings is 1. The van der Waals surface area contributed by atoms with Gasteiger partial charge in [0.15, 0.2) is 5.78 Å². The molecular weight excluding hydrogens is 330 g/mol. The predicted molar refractivity (Wildman–Crippen MR) is 100 cm³/mol. The molecule has 0 bridgehead atoms. The molecule has 3 rings (SSSR count). The highest BCUT2D eigenvalue weighted by atomic mass is 16.2. The molecule has 6 heteroatoms. The van der Waals surface area contributed by atoms with E-state index in [0.29, 0.717) is 24.2 Å². The molecular formula is C20H21N3O3. The topological polar surface area (TPSA) is 73.1 Å². The second-order valence-corrected chi connectivity index (χ2v) is 6.27. The zero-order valence-electron chi connectivity index (χ0n) is 14.9. The number of allylic oxidation sites excluding steroid dienone is 4. The lowest BCUT2D eigenvalue weighted by Crippen LogP contribution is -2.22. The Hall–Kier alpha value is -3.15. The van der Waals surface area contributed by atoms with Crippen LogP contribution < -0.4 is 10.9 Å². The minimum absolute atomic E-state index is 0.0691. The van der Waals surface area contributed by atoms with E-state index < -0.39 is 0 Å². The lowest BCUT2D eigenvalue weighted by Gasteiger charge is -2.07. The highest BCUT2D eigenvalue weighted by Crippen LogP contribution is 2.16. The van der Waals surface area contributed by atoms with Crippen molar-refractivity contribution in [2.24, 2.45) is 7.05 Å². The molecule has 6 nitrogen and oxygen atoms in total. The summed E-state index contributed by atoms with van der Waals surface area (Å²) in [6.45, 7) is 1.80. The number of rotatable bonds is 5. The van der Waals surface area contributed by atoms with Crippen molar-refractivity contribution in [2.45, 2.75) is 26.2 Å². The van der Waals surface area contributed by atoms with E-state index in [1.54, 1.807) is 24.7 Å². The Labute approximate surface area is 151 Å². The van der Waals surface area contributed by atoms with Gasteiger partial charge < -0.3 is 5.32 Å². The number of hydrogen-bond donors (Lipinski definition) is 1. The fraction of sp³-hybridized carbons (Fsp3) is 0.250. The number of ketones is 1. The maximum Gasteiger partial charge on any atom is 0.295 e. The molecule has 1 aromatic carbocycles. The van der Waals surface area contributed by atoms with Crippen LogP contribution >= 0.6 is 0 Å². The normalized spacial score (nSPS) is 13.6. The number of amides is 1. The van der Waals surface area contributed by atoms with Crippen molar-refractivity contribution in [3.8, 4) is 5.69 Å². The number of hydrogen-bond acceptors (Lipinski definition) is 3. The largest absolute Gasteiger partial charge is 0.320 e. The van der Waals surface area contributed by atoms with Crippen LogP contribution in [0.15, 0.2) is 58.9 Å². The van der Waals surface area contributed by atoms with Gasteiger partial charge in [-0.05, 0) is 31.6 Å². The Kier molecular flexibility index (Phi) is 5.02. The monoisotopic (exact) mass is 351 g/mol. The molecule has 1 N–H and O–H groups in total. The first-order chi connectivity index (χ1) is 12.5. The summed E-state index contributed by atoms with van der Waals surface area (Å²) in [7, 11) is 1.79. The third-order valence-corrected chi connectivity index (χ3v) is 4.51. The number of aromatic nitrogens is 2. The molecule has 1 aromatic heterocycles. The van der Waals surface area contributed by atoms with Gasteiger partial charge in [0.05, 0.1) is 11.4 Å². The average Bonchev–Trinajstić information content (AvgIpc) is 2.85. The fourth-order valence-corrected chi connectivity index (χ4v) is 2.93. The average molecular weight is 351 g/mol. The maximum absolute atomic E-state index is 12.8.